The van der Waals surface area contributed by atoms with Gasteiger partial charge in [-0.05, 0) is 72.2 Å². The summed E-state index contributed by atoms with van der Waals surface area (Å²) in [7, 11) is 2.79. The lowest BCUT2D eigenvalue weighted by Gasteiger charge is -2.29. The second kappa shape index (κ2) is 13.7. The van der Waals surface area contributed by atoms with E-state index in [1.165, 1.54) is 19.1 Å². The number of hydrogen-bond acceptors (Lipinski definition) is 8. The van der Waals surface area contributed by atoms with E-state index in [-0.39, 0.29) is 13.2 Å². The average molecular weight is 545 g/mol. The fraction of sp³-hybridized carbons (Fsp3) is 0.483. The predicted octanol–water partition coefficient (Wildman–Crippen LogP) is 5.72. The number of ether oxygens (including phenoxy) is 5. The van der Waals surface area contributed by atoms with E-state index in [9.17, 15) is 14.4 Å². The summed E-state index contributed by atoms with van der Waals surface area (Å²) in [5.74, 6) is 0.382. The van der Waals surface area contributed by atoms with Crippen molar-refractivity contribution in [2.24, 2.45) is 0 Å². The molecule has 0 spiro atoms. The quantitative estimate of drug-likeness (QED) is 0.230. The van der Waals surface area contributed by atoms with E-state index in [0.29, 0.717) is 41.3 Å². The molecule has 0 fully saturated rings. The molecular formula is C29H40N2O8. The van der Waals surface area contributed by atoms with Gasteiger partial charge in [-0.3, -0.25) is 4.90 Å². The van der Waals surface area contributed by atoms with Gasteiger partial charge in [-0.15, -0.1) is 0 Å². The van der Waals surface area contributed by atoms with Gasteiger partial charge in [0.2, 0.25) is 0 Å². The van der Waals surface area contributed by atoms with Gasteiger partial charge in [-0.25, -0.2) is 14.4 Å². The second-order valence-corrected chi connectivity index (χ2v) is 10.7. The number of rotatable bonds is 10. The van der Waals surface area contributed by atoms with Crippen molar-refractivity contribution in [1.82, 2.24) is 5.32 Å². The molecule has 2 rings (SSSR count). The first-order valence-corrected chi connectivity index (χ1v) is 12.7. The van der Waals surface area contributed by atoms with Gasteiger partial charge in [-0.2, -0.15) is 0 Å². The molecule has 0 heterocycles. The Morgan fingerprint density at radius 2 is 1.54 bits per heavy atom. The number of esters is 1. The largest absolute Gasteiger partial charge is 0.496 e. The number of carbonyl (C=O) groups excluding carboxylic acids is 3. The predicted molar refractivity (Wildman–Crippen MR) is 148 cm³/mol. The molecule has 0 saturated heterocycles. The van der Waals surface area contributed by atoms with Gasteiger partial charge in [0.05, 0.1) is 38.6 Å². The molecule has 214 valence electrons. The van der Waals surface area contributed by atoms with E-state index < -0.39 is 29.4 Å². The van der Waals surface area contributed by atoms with Crippen molar-refractivity contribution < 1.29 is 38.1 Å². The summed E-state index contributed by atoms with van der Waals surface area (Å²) >= 11 is 0. The Morgan fingerprint density at radius 3 is 2.15 bits per heavy atom. The third kappa shape index (κ3) is 10.4. The van der Waals surface area contributed by atoms with Crippen LogP contribution in [0.3, 0.4) is 0 Å². The molecule has 2 aromatic rings. The number of anilines is 1. The fourth-order valence-corrected chi connectivity index (χ4v) is 3.42. The van der Waals surface area contributed by atoms with Crippen LogP contribution in [0.1, 0.15) is 63.9 Å². The lowest BCUT2D eigenvalue weighted by atomic mass is 10.1. The zero-order valence-electron chi connectivity index (χ0n) is 24.1. The Hall–Kier alpha value is -3.95. The molecule has 0 unspecified atom stereocenters. The molecule has 0 bridgehead atoms. The van der Waals surface area contributed by atoms with Gasteiger partial charge in [0, 0.05) is 12.1 Å². The van der Waals surface area contributed by atoms with Crippen molar-refractivity contribution >= 4 is 23.8 Å². The van der Waals surface area contributed by atoms with Crippen LogP contribution in [0.4, 0.5) is 15.3 Å². The van der Waals surface area contributed by atoms with Crippen LogP contribution in [0.15, 0.2) is 42.5 Å². The Morgan fingerprint density at radius 1 is 0.872 bits per heavy atom. The molecule has 0 aliphatic carbocycles. The van der Waals surface area contributed by atoms with Crippen LogP contribution in [0, 0.1) is 0 Å². The van der Waals surface area contributed by atoms with Gasteiger partial charge in [-0.1, -0.05) is 18.2 Å². The SMILES string of the molecule is COC(=O)c1ccc(CN(C(=O)OC(C)(C)C)c2ccccc2OCCCNC(=O)OC(C)(C)C)c(OC)c1. The Labute approximate surface area is 230 Å². The van der Waals surface area contributed by atoms with Crippen LogP contribution in [0.2, 0.25) is 0 Å². The molecule has 2 aromatic carbocycles. The van der Waals surface area contributed by atoms with Gasteiger partial charge in [0.25, 0.3) is 0 Å². The summed E-state index contributed by atoms with van der Waals surface area (Å²) in [6.07, 6.45) is -0.557. The summed E-state index contributed by atoms with van der Waals surface area (Å²) in [5, 5.41) is 2.70. The first-order valence-electron chi connectivity index (χ1n) is 12.7. The van der Waals surface area contributed by atoms with Crippen LogP contribution in [0.25, 0.3) is 0 Å². The smallest absolute Gasteiger partial charge is 0.415 e. The summed E-state index contributed by atoms with van der Waals surface area (Å²) in [4.78, 5) is 38.7. The lowest BCUT2D eigenvalue weighted by molar-refractivity contribution is 0.0521. The van der Waals surface area contributed by atoms with E-state index in [0.717, 1.165) is 0 Å². The molecular weight excluding hydrogens is 504 g/mol. The highest BCUT2D eigenvalue weighted by atomic mass is 16.6. The number of amides is 2. The second-order valence-electron chi connectivity index (χ2n) is 10.7. The van der Waals surface area contributed by atoms with Crippen molar-refractivity contribution in [3.63, 3.8) is 0 Å². The van der Waals surface area contributed by atoms with E-state index in [2.05, 4.69) is 5.32 Å². The van der Waals surface area contributed by atoms with Crippen LogP contribution < -0.4 is 19.7 Å². The third-order valence-corrected chi connectivity index (χ3v) is 5.05. The number of alkyl carbamates (subject to hydrolysis) is 1. The number of carbonyl (C=O) groups is 3. The van der Waals surface area contributed by atoms with Gasteiger partial charge in [0.15, 0.2) is 0 Å². The maximum atomic E-state index is 13.4. The zero-order valence-corrected chi connectivity index (χ0v) is 24.1. The summed E-state index contributed by atoms with van der Waals surface area (Å²) < 4.78 is 27.2. The minimum Gasteiger partial charge on any atom is -0.496 e. The summed E-state index contributed by atoms with van der Waals surface area (Å²) in [6, 6.07) is 12.0. The van der Waals surface area contributed by atoms with Crippen LogP contribution in [0.5, 0.6) is 11.5 Å². The molecule has 10 nitrogen and oxygen atoms in total. The Balaban J connectivity index is 2.25. The summed E-state index contributed by atoms with van der Waals surface area (Å²) in [6.45, 7) is 11.5. The molecule has 10 heteroatoms. The molecule has 0 aliphatic heterocycles. The van der Waals surface area contributed by atoms with Crippen LogP contribution in [-0.4, -0.2) is 56.7 Å². The van der Waals surface area contributed by atoms with Crippen molar-refractivity contribution in [3.05, 3.63) is 53.6 Å². The number of nitrogens with one attached hydrogen (secondary N) is 1. The van der Waals surface area contributed by atoms with Gasteiger partial charge in [0.1, 0.15) is 22.7 Å². The number of para-hydroxylation sites is 2. The van der Waals surface area contributed by atoms with Gasteiger partial charge < -0.3 is 29.0 Å². The van der Waals surface area contributed by atoms with E-state index in [1.54, 1.807) is 84.0 Å². The minimum atomic E-state index is -0.739. The first-order chi connectivity index (χ1) is 18.2. The molecule has 39 heavy (non-hydrogen) atoms. The van der Waals surface area contributed by atoms with E-state index in [1.807, 2.05) is 0 Å². The minimum absolute atomic E-state index is 0.0834. The van der Waals surface area contributed by atoms with Crippen LogP contribution >= 0.6 is 0 Å². The van der Waals surface area contributed by atoms with Crippen molar-refractivity contribution in [2.75, 3.05) is 32.3 Å². The molecule has 0 atom stereocenters. The fourth-order valence-electron chi connectivity index (χ4n) is 3.42. The highest BCUT2D eigenvalue weighted by molar-refractivity contribution is 5.91. The topological polar surface area (TPSA) is 113 Å². The first kappa shape index (κ1) is 31.3. The molecule has 0 aliphatic rings. The molecule has 0 aromatic heterocycles. The molecule has 0 radical (unpaired) electrons. The highest BCUT2D eigenvalue weighted by Gasteiger charge is 2.27. The number of benzene rings is 2. The monoisotopic (exact) mass is 544 g/mol. The lowest BCUT2D eigenvalue weighted by Crippen LogP contribution is -2.37. The van der Waals surface area contributed by atoms with Gasteiger partial charge >= 0.3 is 18.2 Å². The summed E-state index contributed by atoms with van der Waals surface area (Å²) in [5.41, 5.74) is 0.147. The maximum absolute atomic E-state index is 13.4. The number of nitrogens with zero attached hydrogens (tertiary/aromatic N) is 1. The number of methoxy groups -OCH3 is 2. The average Bonchev–Trinajstić information content (AvgIpc) is 2.84. The van der Waals surface area contributed by atoms with Crippen molar-refractivity contribution in [2.45, 2.75) is 65.7 Å². The van der Waals surface area contributed by atoms with Crippen molar-refractivity contribution in [1.29, 1.82) is 0 Å². The normalized spacial score (nSPS) is 11.3. The standard InChI is InChI=1S/C29H40N2O8/c1-28(2,3)38-26(33)30-16-11-17-37-23-13-10-9-12-22(23)31(27(34)39-29(4,5)6)19-21-15-14-20(25(32)36-8)18-24(21)35-7/h9-10,12-15,18H,11,16-17,19H2,1-8H3,(H,30,33). The van der Waals surface area contributed by atoms with Crippen molar-refractivity contribution in [3.8, 4) is 11.5 Å². The Bertz CT molecular complexity index is 1130. The van der Waals surface area contributed by atoms with Crippen LogP contribution in [-0.2, 0) is 20.8 Å². The number of hydrogen-bond donors (Lipinski definition) is 1. The molecule has 2 amide bonds. The molecule has 0 saturated carbocycles. The van der Waals surface area contributed by atoms with E-state index in [4.69, 9.17) is 23.7 Å². The maximum Gasteiger partial charge on any atom is 0.415 e. The third-order valence-electron chi connectivity index (χ3n) is 5.05. The zero-order chi connectivity index (χ0) is 29.2. The van der Waals surface area contributed by atoms with E-state index >= 15 is 0 Å². The molecule has 1 N–H and O–H groups in total. The Kier molecular flexibility index (Phi) is 11.0. The highest BCUT2D eigenvalue weighted by Crippen LogP contribution is 2.33.